The molecule has 0 saturated carbocycles. The normalized spacial score (nSPS) is 13.5. The van der Waals surface area contributed by atoms with Crippen LogP contribution >= 0.6 is 0 Å². The van der Waals surface area contributed by atoms with Crippen molar-refractivity contribution in [3.63, 3.8) is 0 Å². The first-order valence-electron chi connectivity index (χ1n) is 8.23. The Bertz CT molecular complexity index is 884. The molecule has 1 aliphatic rings. The monoisotopic (exact) mass is 350 g/mol. The number of rotatable bonds is 4. The Kier molecular flexibility index (Phi) is 4.90. The van der Waals surface area contributed by atoms with Crippen LogP contribution in [0.5, 0.6) is 5.75 Å². The molecule has 3 rings (SSSR count). The van der Waals surface area contributed by atoms with Gasteiger partial charge in [0, 0.05) is 12.2 Å². The molecule has 1 aliphatic heterocycles. The van der Waals surface area contributed by atoms with Gasteiger partial charge in [0.05, 0.1) is 24.3 Å². The van der Waals surface area contributed by atoms with E-state index in [1.54, 1.807) is 54.3 Å². The number of hydrogen-bond donors (Lipinski definition) is 0. The van der Waals surface area contributed by atoms with E-state index in [-0.39, 0.29) is 5.91 Å². The van der Waals surface area contributed by atoms with Gasteiger partial charge in [0.25, 0.3) is 5.91 Å². The Hall–Kier alpha value is -3.33. The van der Waals surface area contributed by atoms with Crippen molar-refractivity contribution in [1.82, 2.24) is 0 Å². The Morgan fingerprint density at radius 2 is 1.92 bits per heavy atom. The molecule has 0 saturated heterocycles. The molecule has 0 unspecified atom stereocenters. The van der Waals surface area contributed by atoms with Crippen LogP contribution < -0.4 is 9.64 Å². The summed E-state index contributed by atoms with van der Waals surface area (Å²) in [6, 6.07) is 13.9. The molecule has 1 atom stereocenters. The van der Waals surface area contributed by atoms with Gasteiger partial charge in [-0.1, -0.05) is 0 Å². The van der Waals surface area contributed by atoms with Crippen molar-refractivity contribution < 1.29 is 19.1 Å². The van der Waals surface area contributed by atoms with Gasteiger partial charge in [-0.25, -0.2) is 4.79 Å². The molecule has 0 radical (unpaired) electrons. The van der Waals surface area contributed by atoms with Gasteiger partial charge in [0.2, 0.25) is 0 Å². The zero-order chi connectivity index (χ0) is 18.7. The van der Waals surface area contributed by atoms with Crippen LogP contribution in [-0.2, 0) is 16.0 Å². The third-order valence-electron chi connectivity index (χ3n) is 4.31. The molecule has 0 aliphatic carbocycles. The number of ether oxygens (including phenoxy) is 2. The maximum Gasteiger partial charge on any atom is 0.337 e. The highest BCUT2D eigenvalue weighted by molar-refractivity contribution is 5.99. The van der Waals surface area contributed by atoms with Crippen LogP contribution in [0.15, 0.2) is 42.5 Å². The van der Waals surface area contributed by atoms with E-state index in [9.17, 15) is 9.59 Å². The number of esters is 1. The van der Waals surface area contributed by atoms with Crippen LogP contribution in [0.25, 0.3) is 0 Å². The lowest BCUT2D eigenvalue weighted by atomic mass is 10.1. The molecular weight excluding hydrogens is 332 g/mol. The number of amides is 1. The number of fused-ring (bicyclic) bond motifs is 1. The van der Waals surface area contributed by atoms with E-state index in [1.165, 1.54) is 7.11 Å². The molecule has 1 amide bonds. The van der Waals surface area contributed by atoms with Crippen LogP contribution in [0.1, 0.15) is 28.4 Å². The molecule has 2 aromatic carbocycles. The number of nitriles is 1. The third kappa shape index (κ3) is 3.38. The van der Waals surface area contributed by atoms with Crippen LogP contribution in [0.3, 0.4) is 0 Å². The van der Waals surface area contributed by atoms with E-state index in [0.717, 1.165) is 11.3 Å². The zero-order valence-electron chi connectivity index (χ0n) is 14.6. The minimum absolute atomic E-state index is 0.154. The molecule has 6 heteroatoms. The second-order valence-corrected chi connectivity index (χ2v) is 5.97. The largest absolute Gasteiger partial charge is 0.481 e. The van der Waals surface area contributed by atoms with Crippen LogP contribution in [-0.4, -0.2) is 31.6 Å². The quantitative estimate of drug-likeness (QED) is 0.792. The first-order valence-corrected chi connectivity index (χ1v) is 8.23. The summed E-state index contributed by atoms with van der Waals surface area (Å²) in [7, 11) is 1.34. The molecule has 0 N–H and O–H groups in total. The summed E-state index contributed by atoms with van der Waals surface area (Å²) in [5.74, 6) is -0.0145. The average molecular weight is 350 g/mol. The van der Waals surface area contributed by atoms with Gasteiger partial charge in [-0.3, -0.25) is 4.79 Å². The summed E-state index contributed by atoms with van der Waals surface area (Å²) in [4.78, 5) is 26.1. The molecule has 26 heavy (non-hydrogen) atoms. The molecule has 0 spiro atoms. The van der Waals surface area contributed by atoms with Gasteiger partial charge in [0.15, 0.2) is 6.10 Å². The van der Waals surface area contributed by atoms with Crippen LogP contribution in [0, 0.1) is 11.3 Å². The van der Waals surface area contributed by atoms with Crippen molar-refractivity contribution in [2.24, 2.45) is 0 Å². The van der Waals surface area contributed by atoms with E-state index < -0.39 is 12.1 Å². The molecule has 0 fully saturated rings. The van der Waals surface area contributed by atoms with Gasteiger partial charge in [-0.05, 0) is 61.4 Å². The summed E-state index contributed by atoms with van der Waals surface area (Å²) in [5, 5.41) is 8.82. The van der Waals surface area contributed by atoms with Gasteiger partial charge < -0.3 is 14.4 Å². The Morgan fingerprint density at radius 3 is 2.58 bits per heavy atom. The summed E-state index contributed by atoms with van der Waals surface area (Å²) >= 11 is 0. The van der Waals surface area contributed by atoms with E-state index >= 15 is 0 Å². The van der Waals surface area contributed by atoms with Gasteiger partial charge in [-0.15, -0.1) is 0 Å². The number of nitrogens with zero attached hydrogens (tertiary/aromatic N) is 2. The summed E-state index contributed by atoms with van der Waals surface area (Å²) < 4.78 is 10.4. The van der Waals surface area contributed by atoms with Crippen molar-refractivity contribution in [2.75, 3.05) is 18.6 Å². The lowest BCUT2D eigenvalue weighted by molar-refractivity contribution is -0.124. The first kappa shape index (κ1) is 17.5. The summed E-state index contributed by atoms with van der Waals surface area (Å²) in [5.41, 5.74) is 2.73. The minimum atomic E-state index is -0.672. The third-order valence-corrected chi connectivity index (χ3v) is 4.31. The number of hydrogen-bond acceptors (Lipinski definition) is 5. The Morgan fingerprint density at radius 1 is 1.19 bits per heavy atom. The lowest BCUT2D eigenvalue weighted by Crippen LogP contribution is -2.39. The van der Waals surface area contributed by atoms with Gasteiger partial charge >= 0.3 is 5.97 Å². The topological polar surface area (TPSA) is 79.6 Å². The number of methoxy groups -OCH3 is 1. The Labute approximate surface area is 151 Å². The van der Waals surface area contributed by atoms with E-state index in [2.05, 4.69) is 0 Å². The highest BCUT2D eigenvalue weighted by Gasteiger charge is 2.29. The summed E-state index contributed by atoms with van der Waals surface area (Å²) in [6.45, 7) is 2.24. The number of anilines is 1. The molecule has 0 bridgehead atoms. The predicted octanol–water partition coefficient (Wildman–Crippen LogP) is 2.70. The Balaban J connectivity index is 1.73. The second kappa shape index (κ2) is 7.28. The fraction of sp³-hybridized carbons (Fsp3) is 0.250. The fourth-order valence-corrected chi connectivity index (χ4v) is 2.96. The number of benzene rings is 2. The number of carbonyl (C=O) groups is 2. The maximum absolute atomic E-state index is 12.8. The second-order valence-electron chi connectivity index (χ2n) is 5.97. The minimum Gasteiger partial charge on any atom is -0.481 e. The smallest absolute Gasteiger partial charge is 0.337 e. The maximum atomic E-state index is 12.8. The standard InChI is InChI=1S/C20H18N2O4/c1-13(26-17-6-3-14(12-21)4-7-17)19(23)22-10-9-15-11-16(20(24)25-2)5-8-18(15)22/h3-8,11,13H,9-10H2,1-2H3/t13-/m0/s1. The summed E-state index contributed by atoms with van der Waals surface area (Å²) in [6.07, 6.45) is 0.00402. The van der Waals surface area contributed by atoms with E-state index in [0.29, 0.717) is 29.8 Å². The van der Waals surface area contributed by atoms with Crippen molar-refractivity contribution in [2.45, 2.75) is 19.4 Å². The molecular formula is C20H18N2O4. The van der Waals surface area contributed by atoms with Crippen molar-refractivity contribution >= 4 is 17.6 Å². The van der Waals surface area contributed by atoms with Gasteiger partial charge in [-0.2, -0.15) is 5.26 Å². The molecule has 1 heterocycles. The first-order chi connectivity index (χ1) is 12.5. The molecule has 0 aromatic heterocycles. The van der Waals surface area contributed by atoms with Crippen LogP contribution in [0.2, 0.25) is 0 Å². The average Bonchev–Trinajstić information content (AvgIpc) is 3.10. The molecule has 132 valence electrons. The highest BCUT2D eigenvalue weighted by Crippen LogP contribution is 2.30. The van der Waals surface area contributed by atoms with E-state index in [1.807, 2.05) is 6.07 Å². The SMILES string of the molecule is COC(=O)c1ccc2c(c1)CCN2C(=O)[C@H](C)Oc1ccc(C#N)cc1. The van der Waals surface area contributed by atoms with Crippen LogP contribution in [0.4, 0.5) is 5.69 Å². The number of carbonyl (C=O) groups excluding carboxylic acids is 2. The lowest BCUT2D eigenvalue weighted by Gasteiger charge is -2.22. The predicted molar refractivity (Wildman–Crippen MR) is 95.1 cm³/mol. The molecule has 6 nitrogen and oxygen atoms in total. The molecule has 2 aromatic rings. The highest BCUT2D eigenvalue weighted by atomic mass is 16.5. The zero-order valence-corrected chi connectivity index (χ0v) is 14.6. The van der Waals surface area contributed by atoms with Crippen molar-refractivity contribution in [1.29, 1.82) is 5.26 Å². The van der Waals surface area contributed by atoms with E-state index in [4.69, 9.17) is 14.7 Å². The fourth-order valence-electron chi connectivity index (χ4n) is 2.96. The van der Waals surface area contributed by atoms with Gasteiger partial charge in [0.1, 0.15) is 5.75 Å². The van der Waals surface area contributed by atoms with Crippen molar-refractivity contribution in [3.8, 4) is 11.8 Å². The van der Waals surface area contributed by atoms with Crippen molar-refractivity contribution in [3.05, 3.63) is 59.2 Å².